The molecular weight excluding hydrogens is 489 g/mol. The molecule has 30 heavy (non-hydrogen) atoms. The molecule has 0 unspecified atom stereocenters. The molecule has 0 bridgehead atoms. The zero-order chi connectivity index (χ0) is 21.8. The molecule has 0 fully saturated rings. The monoisotopic (exact) mass is 505 g/mol. The molecular formula is C22H18BrCl2N3O2. The molecule has 0 aliphatic heterocycles. The van der Waals surface area contributed by atoms with Crippen LogP contribution in [0.2, 0.25) is 10.0 Å². The SMILES string of the molecule is C#CCOc1c(Cl)cc(C=Nn2c([C@@H](C)CC)nc3ccc(Br)cc3c2=O)cc1Cl. The van der Waals surface area contributed by atoms with Crippen LogP contribution in [-0.4, -0.2) is 22.5 Å². The van der Waals surface area contributed by atoms with E-state index in [0.717, 1.165) is 10.9 Å². The maximum Gasteiger partial charge on any atom is 0.282 e. The maximum absolute atomic E-state index is 13.1. The Morgan fingerprint density at radius 2 is 2.03 bits per heavy atom. The van der Waals surface area contributed by atoms with E-state index in [1.165, 1.54) is 10.9 Å². The molecule has 0 radical (unpaired) electrons. The van der Waals surface area contributed by atoms with Crippen molar-refractivity contribution < 1.29 is 4.74 Å². The normalized spacial score (nSPS) is 12.3. The van der Waals surface area contributed by atoms with Crippen molar-refractivity contribution in [3.8, 4) is 18.1 Å². The summed E-state index contributed by atoms with van der Waals surface area (Å²) in [5, 5.41) is 5.48. The highest BCUT2D eigenvalue weighted by Gasteiger charge is 2.16. The number of nitrogens with zero attached hydrogens (tertiary/aromatic N) is 3. The highest BCUT2D eigenvalue weighted by Crippen LogP contribution is 2.33. The van der Waals surface area contributed by atoms with Gasteiger partial charge in [-0.1, -0.05) is 58.9 Å². The van der Waals surface area contributed by atoms with Crippen LogP contribution < -0.4 is 10.3 Å². The lowest BCUT2D eigenvalue weighted by molar-refractivity contribution is 0.371. The smallest absolute Gasteiger partial charge is 0.282 e. The fraction of sp³-hybridized carbons (Fsp3) is 0.227. The van der Waals surface area contributed by atoms with Gasteiger partial charge in [0.2, 0.25) is 0 Å². The van der Waals surface area contributed by atoms with E-state index in [0.29, 0.717) is 38.1 Å². The van der Waals surface area contributed by atoms with Gasteiger partial charge in [-0.15, -0.1) is 6.42 Å². The van der Waals surface area contributed by atoms with E-state index in [-0.39, 0.29) is 18.1 Å². The van der Waals surface area contributed by atoms with Gasteiger partial charge in [-0.05, 0) is 42.3 Å². The second-order valence-electron chi connectivity index (χ2n) is 6.61. The molecule has 0 spiro atoms. The van der Waals surface area contributed by atoms with E-state index in [4.69, 9.17) is 34.4 Å². The minimum atomic E-state index is -0.251. The first-order valence-electron chi connectivity index (χ1n) is 9.17. The lowest BCUT2D eigenvalue weighted by Crippen LogP contribution is -2.23. The van der Waals surface area contributed by atoms with Crippen LogP contribution >= 0.6 is 39.1 Å². The number of fused-ring (bicyclic) bond motifs is 1. The predicted molar refractivity (Wildman–Crippen MR) is 126 cm³/mol. The number of ether oxygens (including phenoxy) is 1. The first-order valence-corrected chi connectivity index (χ1v) is 10.7. The molecule has 0 saturated carbocycles. The average Bonchev–Trinajstić information content (AvgIpc) is 2.72. The molecule has 1 aromatic heterocycles. The summed E-state index contributed by atoms with van der Waals surface area (Å²) >= 11 is 15.9. The zero-order valence-electron chi connectivity index (χ0n) is 16.3. The third-order valence-corrected chi connectivity index (χ3v) is 5.58. The number of hydrogen-bond acceptors (Lipinski definition) is 4. The van der Waals surface area contributed by atoms with Gasteiger partial charge in [0.25, 0.3) is 5.56 Å². The molecule has 2 aromatic carbocycles. The topological polar surface area (TPSA) is 56.5 Å². The van der Waals surface area contributed by atoms with Crippen LogP contribution in [-0.2, 0) is 0 Å². The second-order valence-corrected chi connectivity index (χ2v) is 8.34. The third-order valence-electron chi connectivity index (χ3n) is 4.53. The van der Waals surface area contributed by atoms with E-state index in [2.05, 4.69) is 31.9 Å². The van der Waals surface area contributed by atoms with Crippen molar-refractivity contribution in [1.82, 2.24) is 9.66 Å². The first-order chi connectivity index (χ1) is 14.3. The minimum Gasteiger partial charge on any atom is -0.478 e. The lowest BCUT2D eigenvalue weighted by atomic mass is 10.1. The van der Waals surface area contributed by atoms with Crippen molar-refractivity contribution in [2.75, 3.05) is 6.61 Å². The molecule has 0 N–H and O–H groups in total. The van der Waals surface area contributed by atoms with Crippen LogP contribution in [0, 0.1) is 12.3 Å². The Bertz CT molecular complexity index is 1210. The number of halogens is 3. The molecule has 0 aliphatic rings. The summed E-state index contributed by atoms with van der Waals surface area (Å²) in [5.41, 5.74) is 0.986. The molecule has 0 saturated heterocycles. The predicted octanol–water partition coefficient (Wildman–Crippen LogP) is 5.87. The average molecular weight is 507 g/mol. The van der Waals surface area contributed by atoms with Gasteiger partial charge >= 0.3 is 0 Å². The Balaban J connectivity index is 2.10. The maximum atomic E-state index is 13.1. The van der Waals surface area contributed by atoms with Gasteiger partial charge < -0.3 is 4.74 Å². The van der Waals surface area contributed by atoms with Gasteiger partial charge in [-0.3, -0.25) is 4.79 Å². The second kappa shape index (κ2) is 9.65. The summed E-state index contributed by atoms with van der Waals surface area (Å²) in [7, 11) is 0. The van der Waals surface area contributed by atoms with Gasteiger partial charge in [0.05, 0.1) is 27.2 Å². The highest BCUT2D eigenvalue weighted by atomic mass is 79.9. The van der Waals surface area contributed by atoms with Crippen molar-refractivity contribution in [3.63, 3.8) is 0 Å². The fourth-order valence-electron chi connectivity index (χ4n) is 2.81. The number of terminal acetylenes is 1. The molecule has 0 amide bonds. The summed E-state index contributed by atoms with van der Waals surface area (Å²) in [6, 6.07) is 8.69. The van der Waals surface area contributed by atoms with E-state index in [1.807, 2.05) is 26.0 Å². The van der Waals surface area contributed by atoms with Crippen molar-refractivity contribution in [2.24, 2.45) is 5.10 Å². The van der Waals surface area contributed by atoms with Gasteiger partial charge in [-0.2, -0.15) is 9.78 Å². The third kappa shape index (κ3) is 4.70. The molecule has 1 atom stereocenters. The summed E-state index contributed by atoms with van der Waals surface area (Å²) in [5.74, 6) is 3.29. The van der Waals surface area contributed by atoms with E-state index in [9.17, 15) is 4.79 Å². The Labute approximate surface area is 192 Å². The highest BCUT2D eigenvalue weighted by molar-refractivity contribution is 9.10. The van der Waals surface area contributed by atoms with Crippen LogP contribution in [0.15, 0.2) is 44.7 Å². The molecule has 3 aromatic rings. The molecule has 1 heterocycles. The van der Waals surface area contributed by atoms with Crippen molar-refractivity contribution in [3.05, 3.63) is 66.6 Å². The summed E-state index contributed by atoms with van der Waals surface area (Å²) in [6.07, 6.45) is 7.53. The van der Waals surface area contributed by atoms with Crippen molar-refractivity contribution in [2.45, 2.75) is 26.2 Å². The minimum absolute atomic E-state index is 0.0367. The van der Waals surface area contributed by atoms with Gasteiger partial charge in [0.1, 0.15) is 12.4 Å². The summed E-state index contributed by atoms with van der Waals surface area (Å²) < 4.78 is 7.48. The number of hydrogen-bond donors (Lipinski definition) is 0. The van der Waals surface area contributed by atoms with Gasteiger partial charge in [0.15, 0.2) is 5.75 Å². The first kappa shape index (κ1) is 22.4. The van der Waals surface area contributed by atoms with Crippen LogP contribution in [0.25, 0.3) is 10.9 Å². The zero-order valence-corrected chi connectivity index (χ0v) is 19.4. The molecule has 0 aliphatic carbocycles. The van der Waals surface area contributed by atoms with Gasteiger partial charge in [-0.25, -0.2) is 4.98 Å². The van der Waals surface area contributed by atoms with Crippen LogP contribution in [0.4, 0.5) is 0 Å². The Hall–Kier alpha value is -2.33. The van der Waals surface area contributed by atoms with E-state index >= 15 is 0 Å². The van der Waals surface area contributed by atoms with Crippen LogP contribution in [0.5, 0.6) is 5.75 Å². The molecule has 3 rings (SSSR count). The van der Waals surface area contributed by atoms with Gasteiger partial charge in [0, 0.05) is 10.4 Å². The van der Waals surface area contributed by atoms with Crippen molar-refractivity contribution >= 4 is 56.2 Å². The quantitative estimate of drug-likeness (QED) is 0.310. The van der Waals surface area contributed by atoms with Crippen LogP contribution in [0.1, 0.15) is 37.6 Å². The Morgan fingerprint density at radius 3 is 2.67 bits per heavy atom. The number of rotatable bonds is 6. The molecule has 5 nitrogen and oxygen atoms in total. The largest absolute Gasteiger partial charge is 0.478 e. The summed E-state index contributed by atoms with van der Waals surface area (Å²) in [4.78, 5) is 17.8. The summed E-state index contributed by atoms with van der Waals surface area (Å²) in [6.45, 7) is 4.09. The number of aromatic nitrogens is 2. The lowest BCUT2D eigenvalue weighted by Gasteiger charge is -2.14. The fourth-order valence-corrected chi connectivity index (χ4v) is 3.78. The van der Waals surface area contributed by atoms with E-state index < -0.39 is 0 Å². The standard InChI is InChI=1S/C22H18BrCl2N3O2/c1-4-8-30-20-17(24)9-14(10-18(20)25)12-26-28-21(13(3)5-2)27-19-7-6-15(23)11-16(19)22(28)29/h1,6-7,9-13H,5,8H2,2-3H3/t13-/m0/s1. The van der Waals surface area contributed by atoms with Crippen molar-refractivity contribution in [1.29, 1.82) is 0 Å². The van der Waals surface area contributed by atoms with E-state index in [1.54, 1.807) is 18.2 Å². The molecule has 8 heteroatoms. The number of benzene rings is 2. The molecule has 154 valence electrons. The van der Waals surface area contributed by atoms with Crippen LogP contribution in [0.3, 0.4) is 0 Å². The Kier molecular flexibility index (Phi) is 7.19. The Morgan fingerprint density at radius 1 is 1.33 bits per heavy atom.